The quantitative estimate of drug-likeness (QED) is 0.612. The van der Waals surface area contributed by atoms with Crippen LogP contribution in [0, 0.1) is 0 Å². The number of benzene rings is 2. The van der Waals surface area contributed by atoms with Gasteiger partial charge in [0.05, 0.1) is 6.33 Å². The number of hydrogen-bond donors (Lipinski definition) is 1. The van der Waals surface area contributed by atoms with Gasteiger partial charge in [-0.2, -0.15) is 0 Å². The molecule has 0 saturated heterocycles. The van der Waals surface area contributed by atoms with Crippen molar-refractivity contribution >= 4 is 0 Å². The molecule has 24 heavy (non-hydrogen) atoms. The molecule has 0 unspecified atom stereocenters. The molecule has 4 nitrogen and oxygen atoms in total. The Balaban J connectivity index is 1.40. The highest BCUT2D eigenvalue weighted by molar-refractivity contribution is 5.29. The van der Waals surface area contributed by atoms with Crippen LogP contribution in [0.15, 0.2) is 73.3 Å². The summed E-state index contributed by atoms with van der Waals surface area (Å²) in [5.74, 6) is 0.913. The van der Waals surface area contributed by atoms with E-state index in [1.54, 1.807) is 0 Å². The topological polar surface area (TPSA) is 39.1 Å². The first-order chi connectivity index (χ1) is 11.9. The van der Waals surface area contributed by atoms with Crippen LogP contribution in [-0.4, -0.2) is 16.1 Å². The number of ether oxygens (including phenoxy) is 1. The first-order valence-electron chi connectivity index (χ1n) is 8.32. The number of nitrogens with zero attached hydrogens (tertiary/aromatic N) is 2. The Morgan fingerprint density at radius 1 is 1.00 bits per heavy atom. The van der Waals surface area contributed by atoms with Crippen molar-refractivity contribution in [2.75, 3.05) is 6.54 Å². The van der Waals surface area contributed by atoms with Crippen LogP contribution in [0.25, 0.3) is 0 Å². The zero-order valence-corrected chi connectivity index (χ0v) is 13.8. The van der Waals surface area contributed by atoms with Crippen molar-refractivity contribution in [1.29, 1.82) is 0 Å². The highest BCUT2D eigenvalue weighted by atomic mass is 16.5. The molecule has 3 aromatic rings. The van der Waals surface area contributed by atoms with E-state index >= 15 is 0 Å². The zero-order valence-electron chi connectivity index (χ0n) is 13.8. The van der Waals surface area contributed by atoms with Gasteiger partial charge in [0.1, 0.15) is 12.4 Å². The average Bonchev–Trinajstić information content (AvgIpc) is 3.14. The Hall–Kier alpha value is -2.59. The molecule has 3 rings (SSSR count). The van der Waals surface area contributed by atoms with Gasteiger partial charge in [-0.1, -0.05) is 42.5 Å². The van der Waals surface area contributed by atoms with Gasteiger partial charge in [-0.05, 0) is 36.2 Å². The van der Waals surface area contributed by atoms with Crippen LogP contribution in [-0.2, 0) is 19.7 Å². The fourth-order valence-electron chi connectivity index (χ4n) is 2.52. The van der Waals surface area contributed by atoms with Crippen LogP contribution in [0.3, 0.4) is 0 Å². The first kappa shape index (κ1) is 16.3. The molecule has 0 radical (unpaired) electrons. The van der Waals surface area contributed by atoms with Gasteiger partial charge in [-0.25, -0.2) is 4.98 Å². The Labute approximate surface area is 143 Å². The van der Waals surface area contributed by atoms with Crippen molar-refractivity contribution in [2.45, 2.75) is 26.1 Å². The summed E-state index contributed by atoms with van der Waals surface area (Å²) in [6.45, 7) is 3.43. The van der Waals surface area contributed by atoms with Crippen LogP contribution >= 0.6 is 0 Å². The van der Waals surface area contributed by atoms with Crippen molar-refractivity contribution in [3.8, 4) is 5.75 Å². The maximum absolute atomic E-state index is 5.87. The Kier molecular flexibility index (Phi) is 6.03. The maximum Gasteiger partial charge on any atom is 0.120 e. The molecule has 0 spiro atoms. The van der Waals surface area contributed by atoms with E-state index in [-0.39, 0.29) is 0 Å². The van der Waals surface area contributed by atoms with E-state index in [2.05, 4.69) is 39.1 Å². The minimum Gasteiger partial charge on any atom is -0.489 e. The molecule has 0 aliphatic rings. The van der Waals surface area contributed by atoms with Crippen LogP contribution in [0.4, 0.5) is 0 Å². The summed E-state index contributed by atoms with van der Waals surface area (Å²) in [6, 6.07) is 18.5. The summed E-state index contributed by atoms with van der Waals surface area (Å²) < 4.78 is 7.97. The van der Waals surface area contributed by atoms with Crippen LogP contribution in [0.1, 0.15) is 17.5 Å². The largest absolute Gasteiger partial charge is 0.489 e. The van der Waals surface area contributed by atoms with E-state index in [0.29, 0.717) is 6.61 Å². The Morgan fingerprint density at radius 3 is 2.71 bits per heavy atom. The molecule has 0 aliphatic carbocycles. The lowest BCUT2D eigenvalue weighted by atomic mass is 10.2. The molecule has 124 valence electrons. The monoisotopic (exact) mass is 321 g/mol. The number of nitrogens with one attached hydrogen (secondary N) is 1. The summed E-state index contributed by atoms with van der Waals surface area (Å²) in [4.78, 5) is 4.05. The number of imidazole rings is 1. The molecule has 0 saturated carbocycles. The SMILES string of the molecule is c1ccc(COc2cccc(CNCCCn3ccnc3)c2)cc1. The maximum atomic E-state index is 5.87. The normalized spacial score (nSPS) is 10.7. The second-order valence-corrected chi connectivity index (χ2v) is 5.75. The second kappa shape index (κ2) is 8.89. The van der Waals surface area contributed by atoms with Crippen molar-refractivity contribution in [3.63, 3.8) is 0 Å². The molecule has 1 aromatic heterocycles. The zero-order chi connectivity index (χ0) is 16.5. The fourth-order valence-corrected chi connectivity index (χ4v) is 2.52. The third kappa shape index (κ3) is 5.25. The third-order valence-corrected chi connectivity index (χ3v) is 3.80. The van der Waals surface area contributed by atoms with Gasteiger partial charge in [0.15, 0.2) is 0 Å². The van der Waals surface area contributed by atoms with Crippen LogP contribution in [0.5, 0.6) is 5.75 Å². The van der Waals surface area contributed by atoms with E-state index < -0.39 is 0 Å². The van der Waals surface area contributed by atoms with Gasteiger partial charge in [-0.15, -0.1) is 0 Å². The third-order valence-electron chi connectivity index (χ3n) is 3.80. The molecular formula is C20H23N3O. The minimum atomic E-state index is 0.600. The van der Waals surface area contributed by atoms with Gasteiger partial charge in [0, 0.05) is 25.5 Å². The van der Waals surface area contributed by atoms with Crippen molar-refractivity contribution in [1.82, 2.24) is 14.9 Å². The standard InChI is InChI=1S/C20H23N3O/c1-2-6-18(7-3-1)16-24-20-9-4-8-19(14-20)15-21-10-5-12-23-13-11-22-17-23/h1-4,6-9,11,13-14,17,21H,5,10,12,15-16H2. The van der Waals surface area contributed by atoms with Gasteiger partial charge in [-0.3, -0.25) is 0 Å². The van der Waals surface area contributed by atoms with Crippen molar-refractivity contribution < 1.29 is 4.74 Å². The Morgan fingerprint density at radius 2 is 1.88 bits per heavy atom. The number of hydrogen-bond acceptors (Lipinski definition) is 3. The predicted octanol–water partition coefficient (Wildman–Crippen LogP) is 3.64. The summed E-state index contributed by atoms with van der Waals surface area (Å²) in [5.41, 5.74) is 2.42. The predicted molar refractivity (Wildman–Crippen MR) is 95.8 cm³/mol. The van der Waals surface area contributed by atoms with Crippen molar-refractivity contribution in [2.24, 2.45) is 0 Å². The molecular weight excluding hydrogens is 298 g/mol. The Bertz CT molecular complexity index is 711. The van der Waals surface area contributed by atoms with Crippen LogP contribution < -0.4 is 10.1 Å². The highest BCUT2D eigenvalue weighted by Crippen LogP contribution is 2.15. The average molecular weight is 321 g/mol. The lowest BCUT2D eigenvalue weighted by Gasteiger charge is -2.09. The van der Waals surface area contributed by atoms with E-state index in [0.717, 1.165) is 31.8 Å². The van der Waals surface area contributed by atoms with E-state index in [1.165, 1.54) is 11.1 Å². The lowest BCUT2D eigenvalue weighted by molar-refractivity contribution is 0.306. The molecule has 1 heterocycles. The van der Waals surface area contributed by atoms with Gasteiger partial charge < -0.3 is 14.6 Å². The van der Waals surface area contributed by atoms with Gasteiger partial charge in [0.25, 0.3) is 0 Å². The molecule has 0 atom stereocenters. The smallest absolute Gasteiger partial charge is 0.120 e. The summed E-state index contributed by atoms with van der Waals surface area (Å²) in [5, 5.41) is 3.48. The summed E-state index contributed by atoms with van der Waals surface area (Å²) >= 11 is 0. The molecule has 0 fully saturated rings. The minimum absolute atomic E-state index is 0.600. The summed E-state index contributed by atoms with van der Waals surface area (Å²) in [6.07, 6.45) is 6.75. The van der Waals surface area contributed by atoms with Gasteiger partial charge in [0.2, 0.25) is 0 Å². The van der Waals surface area contributed by atoms with Crippen molar-refractivity contribution in [3.05, 3.63) is 84.4 Å². The van der Waals surface area contributed by atoms with Gasteiger partial charge >= 0.3 is 0 Å². The van der Waals surface area contributed by atoms with E-state index in [4.69, 9.17) is 4.74 Å². The molecule has 0 amide bonds. The first-order valence-corrected chi connectivity index (χ1v) is 8.32. The molecule has 0 aliphatic heterocycles. The second-order valence-electron chi connectivity index (χ2n) is 5.75. The molecule has 2 aromatic carbocycles. The fraction of sp³-hybridized carbons (Fsp3) is 0.250. The molecule has 1 N–H and O–H groups in total. The number of rotatable bonds is 9. The van der Waals surface area contributed by atoms with E-state index in [1.807, 2.05) is 49.1 Å². The number of aromatic nitrogens is 2. The highest BCUT2D eigenvalue weighted by Gasteiger charge is 1.99. The molecule has 0 bridgehead atoms. The number of aryl methyl sites for hydroxylation is 1. The van der Waals surface area contributed by atoms with Crippen LogP contribution in [0.2, 0.25) is 0 Å². The molecule has 4 heteroatoms. The summed E-state index contributed by atoms with van der Waals surface area (Å²) in [7, 11) is 0. The lowest BCUT2D eigenvalue weighted by Crippen LogP contribution is -2.16. The van der Waals surface area contributed by atoms with E-state index in [9.17, 15) is 0 Å².